The number of rotatable bonds is 6. The first-order chi connectivity index (χ1) is 19.2. The first kappa shape index (κ1) is 26.7. The fraction of sp³-hybridized carbons (Fsp3) is 0.448. The number of nitrogens with zero attached hydrogens (tertiary/aromatic N) is 5. The molecule has 11 heteroatoms. The van der Waals surface area contributed by atoms with Gasteiger partial charge in [-0.05, 0) is 50.3 Å². The summed E-state index contributed by atoms with van der Waals surface area (Å²) in [7, 11) is 1.74. The number of amides is 2. The molecular weight excluding hydrogens is 540 g/mol. The molecule has 1 unspecified atom stereocenters. The highest BCUT2D eigenvalue weighted by Crippen LogP contribution is 2.39. The fourth-order valence-electron chi connectivity index (χ4n) is 5.69. The molecular formula is C29H30ClF2N5O3. The predicted molar refractivity (Wildman–Crippen MR) is 143 cm³/mol. The number of hydrogen-bond donors (Lipinski definition) is 0. The van der Waals surface area contributed by atoms with Crippen LogP contribution in [0, 0.1) is 18.6 Å². The molecule has 0 radical (unpaired) electrons. The van der Waals surface area contributed by atoms with Gasteiger partial charge in [-0.2, -0.15) is 0 Å². The normalized spacial score (nSPS) is 18.2. The van der Waals surface area contributed by atoms with E-state index in [0.29, 0.717) is 13.0 Å². The number of halogens is 3. The molecule has 2 amide bonds. The van der Waals surface area contributed by atoms with Crippen molar-refractivity contribution in [2.45, 2.75) is 64.1 Å². The fourth-order valence-corrected chi connectivity index (χ4v) is 5.90. The second-order valence-corrected chi connectivity index (χ2v) is 11.1. The quantitative estimate of drug-likeness (QED) is 0.404. The molecule has 210 valence electrons. The summed E-state index contributed by atoms with van der Waals surface area (Å²) in [4.78, 5) is 38.4. The van der Waals surface area contributed by atoms with E-state index in [4.69, 9.17) is 21.3 Å². The molecule has 2 aliphatic heterocycles. The van der Waals surface area contributed by atoms with Crippen molar-refractivity contribution in [3.8, 4) is 5.75 Å². The van der Waals surface area contributed by atoms with Crippen molar-refractivity contribution in [3.05, 3.63) is 75.1 Å². The molecule has 6 rings (SSSR count). The Morgan fingerprint density at radius 2 is 1.88 bits per heavy atom. The van der Waals surface area contributed by atoms with Crippen molar-refractivity contribution in [3.63, 3.8) is 0 Å². The van der Waals surface area contributed by atoms with Crippen LogP contribution in [0.1, 0.15) is 70.6 Å². The summed E-state index contributed by atoms with van der Waals surface area (Å²) in [6, 6.07) is 5.50. The van der Waals surface area contributed by atoms with Gasteiger partial charge in [0.05, 0.1) is 11.4 Å². The van der Waals surface area contributed by atoms with Gasteiger partial charge in [0.2, 0.25) is 0 Å². The van der Waals surface area contributed by atoms with Crippen LogP contribution >= 0.6 is 11.6 Å². The summed E-state index contributed by atoms with van der Waals surface area (Å²) in [5, 5.41) is -0.0307. The molecule has 0 bridgehead atoms. The Kier molecular flexibility index (Phi) is 6.98. The van der Waals surface area contributed by atoms with E-state index >= 15 is 4.39 Å². The van der Waals surface area contributed by atoms with Crippen molar-refractivity contribution >= 4 is 23.4 Å². The largest absolute Gasteiger partial charge is 0.481 e. The van der Waals surface area contributed by atoms with Crippen LogP contribution in [0.4, 0.5) is 8.78 Å². The summed E-state index contributed by atoms with van der Waals surface area (Å²) in [5.74, 6) is -1.45. The molecule has 1 fully saturated rings. The lowest BCUT2D eigenvalue weighted by Crippen LogP contribution is -2.44. The Hall–Kier alpha value is -3.53. The number of ether oxygens (including phenoxy) is 1. The van der Waals surface area contributed by atoms with Crippen LogP contribution in [0.3, 0.4) is 0 Å². The van der Waals surface area contributed by atoms with Crippen molar-refractivity contribution < 1.29 is 23.1 Å². The predicted octanol–water partition coefficient (Wildman–Crippen LogP) is 4.64. The van der Waals surface area contributed by atoms with Gasteiger partial charge >= 0.3 is 0 Å². The van der Waals surface area contributed by atoms with Crippen molar-refractivity contribution in [1.82, 2.24) is 24.3 Å². The average molecular weight is 570 g/mol. The van der Waals surface area contributed by atoms with Crippen LogP contribution in [0.5, 0.6) is 5.75 Å². The minimum atomic E-state index is -0.966. The van der Waals surface area contributed by atoms with Crippen molar-refractivity contribution in [2.24, 2.45) is 0 Å². The van der Waals surface area contributed by atoms with Gasteiger partial charge in [0.15, 0.2) is 29.1 Å². The highest BCUT2D eigenvalue weighted by atomic mass is 35.5. The van der Waals surface area contributed by atoms with E-state index in [9.17, 15) is 14.0 Å². The van der Waals surface area contributed by atoms with E-state index in [1.54, 1.807) is 18.0 Å². The molecule has 0 saturated heterocycles. The minimum absolute atomic E-state index is 0.0307. The number of benzene rings is 1. The molecule has 0 N–H and O–H groups in total. The molecule has 4 heterocycles. The molecule has 8 nitrogen and oxygen atoms in total. The molecule has 1 aliphatic carbocycles. The van der Waals surface area contributed by atoms with E-state index in [-0.39, 0.29) is 52.8 Å². The molecule has 1 atom stereocenters. The average Bonchev–Trinajstić information content (AvgIpc) is 3.74. The maximum absolute atomic E-state index is 15.4. The Balaban J connectivity index is 1.27. The molecule has 1 saturated carbocycles. The number of pyridine rings is 1. The first-order valence-corrected chi connectivity index (χ1v) is 14.0. The Morgan fingerprint density at radius 3 is 2.62 bits per heavy atom. The summed E-state index contributed by atoms with van der Waals surface area (Å²) in [5.41, 5.74) is 2.04. The Morgan fingerprint density at radius 1 is 1.07 bits per heavy atom. The van der Waals surface area contributed by atoms with E-state index in [0.717, 1.165) is 49.3 Å². The van der Waals surface area contributed by atoms with Crippen LogP contribution in [-0.2, 0) is 24.2 Å². The van der Waals surface area contributed by atoms with Crippen LogP contribution in [0.2, 0.25) is 5.15 Å². The number of aromatic nitrogens is 3. The third kappa shape index (κ3) is 4.72. The molecule has 2 aromatic heterocycles. The number of hydrogen-bond acceptors (Lipinski definition) is 5. The zero-order chi connectivity index (χ0) is 28.1. The van der Waals surface area contributed by atoms with Gasteiger partial charge in [0, 0.05) is 44.6 Å². The lowest BCUT2D eigenvalue weighted by molar-refractivity contribution is -0.135. The first-order valence-electron chi connectivity index (χ1n) is 13.6. The third-order valence-corrected chi connectivity index (χ3v) is 8.35. The SMILES string of the molecule is Cc1ccc(C2c3c(nc4n3CCCC4)CCN2C(=O)COc2ccc(C(=O)N(C)C3CC3)nc2Cl)c(F)c1F. The summed E-state index contributed by atoms with van der Waals surface area (Å²) >= 11 is 6.32. The van der Waals surface area contributed by atoms with Crippen LogP contribution in [-0.4, -0.2) is 62.4 Å². The van der Waals surface area contributed by atoms with Crippen LogP contribution < -0.4 is 4.74 Å². The van der Waals surface area contributed by atoms with Gasteiger partial charge in [0.25, 0.3) is 11.8 Å². The number of aryl methyl sites for hydroxylation is 2. The topological polar surface area (TPSA) is 80.6 Å². The second kappa shape index (κ2) is 10.5. The van der Waals surface area contributed by atoms with E-state index in [1.807, 2.05) is 0 Å². The highest BCUT2D eigenvalue weighted by Gasteiger charge is 2.39. The van der Waals surface area contributed by atoms with Gasteiger partial charge in [-0.1, -0.05) is 23.7 Å². The number of carbonyl (C=O) groups excluding carboxylic acids is 2. The zero-order valence-electron chi connectivity index (χ0n) is 22.4. The van der Waals surface area contributed by atoms with E-state index in [2.05, 4.69) is 9.55 Å². The number of carbonyl (C=O) groups is 2. The van der Waals surface area contributed by atoms with Gasteiger partial charge in [0.1, 0.15) is 17.6 Å². The standard InChI is InChI=1S/C29H30ClF2N5O3/c1-16-6-9-18(25(32)24(16)31)26-27-19(33-22-5-3-4-13-36(22)27)12-14-37(26)23(38)15-40-21-11-10-20(34-28(21)30)29(39)35(2)17-7-8-17/h6,9-11,17,26H,3-5,7-8,12-15H2,1-2H3. The van der Waals surface area contributed by atoms with E-state index < -0.39 is 23.6 Å². The molecule has 1 aromatic carbocycles. The maximum atomic E-state index is 15.4. The van der Waals surface area contributed by atoms with Crippen LogP contribution in [0.25, 0.3) is 0 Å². The van der Waals surface area contributed by atoms with Crippen molar-refractivity contribution in [2.75, 3.05) is 20.2 Å². The van der Waals surface area contributed by atoms with Gasteiger partial charge in [-0.3, -0.25) is 9.59 Å². The van der Waals surface area contributed by atoms with E-state index in [1.165, 1.54) is 30.0 Å². The number of fused-ring (bicyclic) bond motifs is 3. The minimum Gasteiger partial charge on any atom is -0.481 e. The summed E-state index contributed by atoms with van der Waals surface area (Å²) in [6.07, 6.45) is 5.22. The summed E-state index contributed by atoms with van der Waals surface area (Å²) < 4.78 is 38.0. The molecule has 40 heavy (non-hydrogen) atoms. The zero-order valence-corrected chi connectivity index (χ0v) is 23.2. The third-order valence-electron chi connectivity index (χ3n) is 8.07. The lowest BCUT2D eigenvalue weighted by atomic mass is 9.93. The lowest BCUT2D eigenvalue weighted by Gasteiger charge is -2.37. The highest BCUT2D eigenvalue weighted by molar-refractivity contribution is 6.31. The van der Waals surface area contributed by atoms with Gasteiger partial charge in [-0.15, -0.1) is 0 Å². The smallest absolute Gasteiger partial charge is 0.272 e. The maximum Gasteiger partial charge on any atom is 0.272 e. The van der Waals surface area contributed by atoms with Crippen LogP contribution in [0.15, 0.2) is 24.3 Å². The van der Waals surface area contributed by atoms with Crippen molar-refractivity contribution in [1.29, 1.82) is 0 Å². The molecule has 0 spiro atoms. The molecule has 3 aromatic rings. The Labute approximate surface area is 235 Å². The molecule has 3 aliphatic rings. The second-order valence-electron chi connectivity index (χ2n) is 10.7. The van der Waals surface area contributed by atoms with Gasteiger partial charge < -0.3 is 19.1 Å². The number of imidazole rings is 1. The monoisotopic (exact) mass is 569 g/mol. The van der Waals surface area contributed by atoms with Gasteiger partial charge in [-0.25, -0.2) is 18.7 Å². The Bertz CT molecular complexity index is 1510. The summed E-state index contributed by atoms with van der Waals surface area (Å²) in [6.45, 7) is 2.11.